The third-order valence-electron chi connectivity index (χ3n) is 1.56. The van der Waals surface area contributed by atoms with Crippen LogP contribution in [0.15, 0.2) is 15.7 Å². The van der Waals surface area contributed by atoms with Gasteiger partial charge in [-0.3, -0.25) is 0 Å². The van der Waals surface area contributed by atoms with Gasteiger partial charge in [0.2, 0.25) is 5.03 Å². The maximum absolute atomic E-state index is 12.1. The maximum Gasteiger partial charge on any atom is 0.573 e. The molecule has 0 spiro atoms. The van der Waals surface area contributed by atoms with E-state index in [1.165, 1.54) is 6.92 Å². The van der Waals surface area contributed by atoms with Crippen molar-refractivity contribution in [2.45, 2.75) is 18.3 Å². The summed E-state index contributed by atoms with van der Waals surface area (Å²) in [6.45, 7) is 1.42. The molecule has 0 radical (unpaired) electrons. The molecule has 0 saturated heterocycles. The smallest absolute Gasteiger partial charge is 0.401 e. The highest BCUT2D eigenvalue weighted by Crippen LogP contribution is 2.37. The second kappa shape index (κ2) is 4.62. The molecule has 0 bridgehead atoms. The lowest BCUT2D eigenvalue weighted by Gasteiger charge is -2.13. The maximum atomic E-state index is 12.1. The molecule has 1 rings (SSSR count). The molecule has 1 heterocycles. The highest BCUT2D eigenvalue weighted by Gasteiger charge is 2.36. The molecule has 0 atom stereocenters. The van der Waals surface area contributed by atoms with Crippen molar-refractivity contribution in [1.82, 2.24) is 4.98 Å². The largest absolute Gasteiger partial charge is 0.573 e. The zero-order valence-corrected chi connectivity index (χ0v) is 11.2. The Hall–Kier alpha value is -0.540. The van der Waals surface area contributed by atoms with E-state index in [1.807, 2.05) is 0 Å². The highest BCUT2D eigenvalue weighted by molar-refractivity contribution is 9.10. The van der Waals surface area contributed by atoms with Crippen molar-refractivity contribution in [3.63, 3.8) is 0 Å². The van der Waals surface area contributed by atoms with Crippen molar-refractivity contribution >= 4 is 35.7 Å². The molecule has 96 valence electrons. The first-order valence-corrected chi connectivity index (χ1v) is 6.98. The number of hydrogen-bond acceptors (Lipinski definition) is 4. The van der Waals surface area contributed by atoms with Gasteiger partial charge in [0, 0.05) is 16.9 Å². The first kappa shape index (κ1) is 14.5. The molecule has 0 saturated carbocycles. The third kappa shape index (κ3) is 3.71. The molecule has 1 aromatic heterocycles. The molecule has 0 amide bonds. The predicted molar refractivity (Wildman–Crippen MR) is 56.4 cm³/mol. The van der Waals surface area contributed by atoms with Gasteiger partial charge in [-0.15, -0.1) is 13.2 Å². The standard InChI is InChI=1S/C7H4BrClF3NO3S/c1-3-2-13-6(17(9,14)15)5(4(3)8)16-7(10,11)12/h2H,1H3. The van der Waals surface area contributed by atoms with Crippen LogP contribution in [-0.2, 0) is 9.05 Å². The molecule has 0 aliphatic carbocycles. The number of aromatic nitrogens is 1. The fourth-order valence-electron chi connectivity index (χ4n) is 0.922. The Kier molecular flexibility index (Phi) is 3.94. The molecule has 0 aliphatic heterocycles. The van der Waals surface area contributed by atoms with Crippen molar-refractivity contribution in [2.24, 2.45) is 0 Å². The van der Waals surface area contributed by atoms with Crippen LogP contribution in [0.25, 0.3) is 0 Å². The van der Waals surface area contributed by atoms with Crippen molar-refractivity contribution in [1.29, 1.82) is 0 Å². The van der Waals surface area contributed by atoms with Crippen LogP contribution < -0.4 is 4.74 Å². The number of hydrogen-bond donors (Lipinski definition) is 0. The number of ether oxygens (including phenoxy) is 1. The molecule has 17 heavy (non-hydrogen) atoms. The summed E-state index contributed by atoms with van der Waals surface area (Å²) in [6, 6.07) is 0. The van der Waals surface area contributed by atoms with E-state index in [-0.39, 0.29) is 10.0 Å². The van der Waals surface area contributed by atoms with Crippen LogP contribution in [0.1, 0.15) is 5.56 Å². The second-order valence-corrected chi connectivity index (χ2v) is 6.15. The van der Waals surface area contributed by atoms with Gasteiger partial charge in [-0.1, -0.05) is 0 Å². The van der Waals surface area contributed by atoms with Gasteiger partial charge < -0.3 is 4.74 Å². The van der Waals surface area contributed by atoms with Crippen molar-refractivity contribution in [3.05, 3.63) is 16.2 Å². The topological polar surface area (TPSA) is 56.3 Å². The van der Waals surface area contributed by atoms with E-state index in [2.05, 4.69) is 25.7 Å². The number of rotatable bonds is 2. The minimum atomic E-state index is -5.05. The molecular weight excluding hydrogens is 350 g/mol. The van der Waals surface area contributed by atoms with Gasteiger partial charge >= 0.3 is 6.36 Å². The summed E-state index contributed by atoms with van der Waals surface area (Å²) in [5, 5.41) is -0.992. The summed E-state index contributed by atoms with van der Waals surface area (Å²) in [7, 11) is 0.519. The highest BCUT2D eigenvalue weighted by atomic mass is 79.9. The van der Waals surface area contributed by atoms with Crippen LogP contribution in [0, 0.1) is 6.92 Å². The van der Waals surface area contributed by atoms with Crippen molar-refractivity contribution in [2.75, 3.05) is 0 Å². The van der Waals surface area contributed by atoms with E-state index in [1.54, 1.807) is 0 Å². The zero-order chi connectivity index (χ0) is 13.4. The summed E-state index contributed by atoms with van der Waals surface area (Å²) < 4.78 is 61.8. The normalized spacial score (nSPS) is 12.6. The first-order valence-electron chi connectivity index (χ1n) is 3.88. The van der Waals surface area contributed by atoms with Gasteiger partial charge in [0.1, 0.15) is 0 Å². The summed E-state index contributed by atoms with van der Waals surface area (Å²) >= 11 is 2.79. The Morgan fingerprint density at radius 3 is 2.41 bits per heavy atom. The van der Waals surface area contributed by atoms with E-state index in [0.29, 0.717) is 0 Å². The number of nitrogens with zero attached hydrogens (tertiary/aromatic N) is 1. The van der Waals surface area contributed by atoms with E-state index in [0.717, 1.165) is 6.20 Å². The van der Waals surface area contributed by atoms with Gasteiger partial charge in [0.25, 0.3) is 9.05 Å². The van der Waals surface area contributed by atoms with Crippen LogP contribution >= 0.6 is 26.6 Å². The minimum absolute atomic E-state index is 0.177. The molecule has 1 aromatic rings. The molecule has 4 nitrogen and oxygen atoms in total. The van der Waals surface area contributed by atoms with Crippen LogP contribution in [0.5, 0.6) is 5.75 Å². The van der Waals surface area contributed by atoms with E-state index in [4.69, 9.17) is 10.7 Å². The van der Waals surface area contributed by atoms with Crippen LogP contribution in [0.3, 0.4) is 0 Å². The number of aryl methyl sites for hydroxylation is 1. The quantitative estimate of drug-likeness (QED) is 0.766. The Morgan fingerprint density at radius 1 is 1.47 bits per heavy atom. The van der Waals surface area contributed by atoms with E-state index < -0.39 is 26.2 Å². The Bertz CT molecular complexity index is 546. The zero-order valence-electron chi connectivity index (χ0n) is 8.05. The molecular formula is C7H4BrClF3NO3S. The van der Waals surface area contributed by atoms with Gasteiger partial charge in [0.15, 0.2) is 5.75 Å². The third-order valence-corrected chi connectivity index (χ3v) is 3.74. The molecule has 0 aliphatic rings. The van der Waals surface area contributed by atoms with Crippen molar-refractivity contribution in [3.8, 4) is 5.75 Å². The van der Waals surface area contributed by atoms with Gasteiger partial charge in [-0.2, -0.15) is 0 Å². The lowest BCUT2D eigenvalue weighted by molar-refractivity contribution is -0.276. The molecule has 10 heteroatoms. The van der Waals surface area contributed by atoms with Gasteiger partial charge in [-0.05, 0) is 28.4 Å². The molecule has 0 aromatic carbocycles. The van der Waals surface area contributed by atoms with E-state index >= 15 is 0 Å². The summed E-state index contributed by atoms with van der Waals surface area (Å²) in [4.78, 5) is 3.32. The van der Waals surface area contributed by atoms with Gasteiger partial charge in [-0.25, -0.2) is 13.4 Å². The lowest BCUT2D eigenvalue weighted by Crippen LogP contribution is -2.19. The van der Waals surface area contributed by atoms with E-state index in [9.17, 15) is 21.6 Å². The first-order chi connectivity index (χ1) is 7.52. The fourth-order valence-corrected chi connectivity index (χ4v) is 2.30. The minimum Gasteiger partial charge on any atom is -0.401 e. The Labute approximate surface area is 107 Å². The summed E-state index contributed by atoms with van der Waals surface area (Å²) in [5.74, 6) is -0.979. The van der Waals surface area contributed by atoms with Crippen molar-refractivity contribution < 1.29 is 26.3 Å². The number of halogens is 5. The molecule has 0 fully saturated rings. The summed E-state index contributed by atoms with van der Waals surface area (Å²) in [5.41, 5.74) is 0.272. The number of pyridine rings is 1. The average molecular weight is 355 g/mol. The average Bonchev–Trinajstić information content (AvgIpc) is 2.08. The second-order valence-electron chi connectivity index (χ2n) is 2.88. The molecule has 0 N–H and O–H groups in total. The van der Waals surface area contributed by atoms with Crippen LogP contribution in [-0.4, -0.2) is 19.8 Å². The Morgan fingerprint density at radius 2 is 2.00 bits per heavy atom. The van der Waals surface area contributed by atoms with Crippen LogP contribution in [0.2, 0.25) is 0 Å². The monoisotopic (exact) mass is 353 g/mol. The lowest BCUT2D eigenvalue weighted by atomic mass is 10.3. The van der Waals surface area contributed by atoms with Gasteiger partial charge in [0.05, 0.1) is 4.47 Å². The Balaban J connectivity index is 3.48. The number of alkyl halides is 3. The summed E-state index contributed by atoms with van der Waals surface area (Å²) in [6.07, 6.45) is -3.99. The van der Waals surface area contributed by atoms with Crippen LogP contribution in [0.4, 0.5) is 13.2 Å². The fraction of sp³-hybridized carbons (Fsp3) is 0.286. The molecule has 0 unspecified atom stereocenters. The SMILES string of the molecule is Cc1cnc(S(=O)(=O)Cl)c(OC(F)(F)F)c1Br. The predicted octanol–water partition coefficient (Wildman–Crippen LogP) is 2.98.